The molecule has 1 heterocycles. The van der Waals surface area contributed by atoms with Crippen LogP contribution < -0.4 is 0 Å². The summed E-state index contributed by atoms with van der Waals surface area (Å²) in [5.41, 5.74) is 3.19. The first-order chi connectivity index (χ1) is 6.81. The highest BCUT2D eigenvalue weighted by atomic mass is 79.9. The van der Waals surface area contributed by atoms with Crippen molar-refractivity contribution >= 4 is 21.6 Å². The van der Waals surface area contributed by atoms with Crippen molar-refractivity contribution in [3.05, 3.63) is 28.0 Å². The first-order valence-corrected chi connectivity index (χ1v) is 5.36. The van der Waals surface area contributed by atoms with Gasteiger partial charge in [0.2, 0.25) is 0 Å². The molecule has 0 amide bonds. The van der Waals surface area contributed by atoms with Crippen molar-refractivity contribution in [3.8, 4) is 0 Å². The van der Waals surface area contributed by atoms with Crippen LogP contribution >= 0.6 is 15.9 Å². The van der Waals surface area contributed by atoms with Gasteiger partial charge in [-0.25, -0.2) is 4.98 Å². The van der Waals surface area contributed by atoms with Gasteiger partial charge in [-0.1, -0.05) is 11.2 Å². The summed E-state index contributed by atoms with van der Waals surface area (Å²) in [4.78, 5) is 9.23. The van der Waals surface area contributed by atoms with Crippen molar-refractivity contribution in [3.63, 3.8) is 0 Å². The first kappa shape index (κ1) is 9.65. The molecule has 0 spiro atoms. The van der Waals surface area contributed by atoms with Gasteiger partial charge in [0.1, 0.15) is 17.4 Å². The summed E-state index contributed by atoms with van der Waals surface area (Å²) in [6, 6.07) is 4.06. The molecule has 2 rings (SSSR count). The number of hydrogen-bond acceptors (Lipinski definition) is 3. The average molecular weight is 255 g/mol. The van der Waals surface area contributed by atoms with Crippen molar-refractivity contribution in [1.29, 1.82) is 0 Å². The minimum Gasteiger partial charge on any atom is -0.399 e. The zero-order chi connectivity index (χ0) is 9.97. The molecule has 0 atom stereocenters. The number of halogens is 1. The van der Waals surface area contributed by atoms with E-state index in [1.54, 1.807) is 7.11 Å². The minimum absolute atomic E-state index is 0.849. The molecule has 14 heavy (non-hydrogen) atoms. The van der Waals surface area contributed by atoms with Gasteiger partial charge in [-0.3, -0.25) is 0 Å². The van der Waals surface area contributed by atoms with Crippen molar-refractivity contribution in [2.45, 2.75) is 19.3 Å². The Labute approximate surface area is 91.3 Å². The van der Waals surface area contributed by atoms with E-state index in [4.69, 9.17) is 4.84 Å². The third-order valence-corrected chi connectivity index (χ3v) is 2.72. The lowest BCUT2D eigenvalue weighted by atomic mass is 9.95. The number of fused-ring (bicyclic) bond motifs is 1. The van der Waals surface area contributed by atoms with Gasteiger partial charge in [-0.2, -0.15) is 0 Å². The fourth-order valence-electron chi connectivity index (χ4n) is 1.68. The third-order valence-electron chi connectivity index (χ3n) is 2.28. The van der Waals surface area contributed by atoms with Crippen molar-refractivity contribution < 1.29 is 4.84 Å². The molecule has 0 saturated heterocycles. The standard InChI is InChI=1S/C10H11BrN2O/c1-14-13-8-4-2-3-7-5-6-9(11)12-10(7)8/h5-6H,2-4H2,1H3/b13-8+. The largest absolute Gasteiger partial charge is 0.399 e. The van der Waals surface area contributed by atoms with Gasteiger partial charge in [0.15, 0.2) is 0 Å². The fourth-order valence-corrected chi connectivity index (χ4v) is 1.99. The van der Waals surface area contributed by atoms with Crippen LogP contribution in [0.25, 0.3) is 0 Å². The Balaban J connectivity index is 2.47. The molecule has 1 aromatic heterocycles. The number of hydrogen-bond donors (Lipinski definition) is 0. The van der Waals surface area contributed by atoms with Crippen LogP contribution in [0, 0.1) is 0 Å². The van der Waals surface area contributed by atoms with Crippen LogP contribution in [0.4, 0.5) is 0 Å². The minimum atomic E-state index is 0.849. The Hall–Kier alpha value is -0.900. The zero-order valence-corrected chi connectivity index (χ0v) is 9.54. The molecule has 0 radical (unpaired) electrons. The van der Waals surface area contributed by atoms with Crippen LogP contribution in [-0.4, -0.2) is 17.8 Å². The molecule has 0 fully saturated rings. The van der Waals surface area contributed by atoms with Gasteiger partial charge < -0.3 is 4.84 Å². The van der Waals surface area contributed by atoms with E-state index in [-0.39, 0.29) is 0 Å². The molecule has 0 unspecified atom stereocenters. The van der Waals surface area contributed by atoms with Crippen molar-refractivity contribution in [2.75, 3.05) is 7.11 Å². The average Bonchev–Trinajstić information content (AvgIpc) is 2.19. The summed E-state index contributed by atoms with van der Waals surface area (Å²) >= 11 is 3.36. The van der Waals surface area contributed by atoms with E-state index in [0.29, 0.717) is 0 Å². The van der Waals surface area contributed by atoms with E-state index < -0.39 is 0 Å². The molecule has 74 valence electrons. The second kappa shape index (κ2) is 4.09. The van der Waals surface area contributed by atoms with Crippen molar-refractivity contribution in [2.24, 2.45) is 5.16 Å². The third kappa shape index (κ3) is 1.80. The van der Waals surface area contributed by atoms with Gasteiger partial charge >= 0.3 is 0 Å². The normalized spacial score (nSPS) is 18.0. The fraction of sp³-hybridized carbons (Fsp3) is 0.400. The van der Waals surface area contributed by atoms with Gasteiger partial charge in [-0.15, -0.1) is 0 Å². The number of aromatic nitrogens is 1. The van der Waals surface area contributed by atoms with E-state index in [1.165, 1.54) is 5.56 Å². The number of rotatable bonds is 1. The lowest BCUT2D eigenvalue weighted by Crippen LogP contribution is -2.14. The van der Waals surface area contributed by atoms with Crippen LogP contribution in [0.2, 0.25) is 0 Å². The maximum Gasteiger partial charge on any atom is 0.106 e. The smallest absolute Gasteiger partial charge is 0.106 e. The van der Waals surface area contributed by atoms with Crippen LogP contribution in [0.15, 0.2) is 21.9 Å². The molecule has 1 aliphatic rings. The van der Waals surface area contributed by atoms with Crippen LogP contribution in [0.3, 0.4) is 0 Å². The molecule has 0 bridgehead atoms. The Morgan fingerprint density at radius 2 is 2.29 bits per heavy atom. The summed E-state index contributed by atoms with van der Waals surface area (Å²) < 4.78 is 0.849. The van der Waals surface area contributed by atoms with E-state index in [1.807, 2.05) is 6.07 Å². The van der Waals surface area contributed by atoms with E-state index in [9.17, 15) is 0 Å². The first-order valence-electron chi connectivity index (χ1n) is 4.57. The number of oxime groups is 1. The van der Waals surface area contributed by atoms with Gasteiger partial charge in [0, 0.05) is 0 Å². The van der Waals surface area contributed by atoms with Crippen LogP contribution in [0.1, 0.15) is 24.1 Å². The summed E-state index contributed by atoms with van der Waals surface area (Å²) in [6.07, 6.45) is 3.15. The lowest BCUT2D eigenvalue weighted by molar-refractivity contribution is 0.212. The van der Waals surface area contributed by atoms with Gasteiger partial charge in [-0.05, 0) is 46.8 Å². The molecule has 3 nitrogen and oxygen atoms in total. The molecule has 0 saturated carbocycles. The van der Waals surface area contributed by atoms with Crippen LogP contribution in [-0.2, 0) is 11.3 Å². The van der Waals surface area contributed by atoms with Crippen LogP contribution in [0.5, 0.6) is 0 Å². The quantitative estimate of drug-likeness (QED) is 0.570. The maximum atomic E-state index is 4.81. The molecule has 0 aliphatic heterocycles. The zero-order valence-electron chi connectivity index (χ0n) is 7.96. The SMILES string of the molecule is CO/N=C1\CCCc2ccc(Br)nc21. The molecule has 4 heteroatoms. The Morgan fingerprint density at radius 1 is 1.43 bits per heavy atom. The van der Waals surface area contributed by atoms with E-state index >= 15 is 0 Å². The second-order valence-electron chi connectivity index (χ2n) is 3.22. The Morgan fingerprint density at radius 3 is 3.07 bits per heavy atom. The topological polar surface area (TPSA) is 34.5 Å². The summed E-state index contributed by atoms with van der Waals surface area (Å²) in [5.74, 6) is 0. The predicted octanol–water partition coefficient (Wildman–Crippen LogP) is 2.53. The number of aryl methyl sites for hydroxylation is 1. The molecular weight excluding hydrogens is 244 g/mol. The molecule has 0 aromatic carbocycles. The van der Waals surface area contributed by atoms with E-state index in [2.05, 4.69) is 32.1 Å². The molecule has 1 aromatic rings. The molecule has 1 aliphatic carbocycles. The maximum absolute atomic E-state index is 4.81. The number of pyridine rings is 1. The summed E-state index contributed by atoms with van der Waals surface area (Å²) in [7, 11) is 1.57. The molecule has 0 N–H and O–H groups in total. The number of nitrogens with zero attached hydrogens (tertiary/aromatic N) is 2. The predicted molar refractivity (Wildman–Crippen MR) is 58.4 cm³/mol. The van der Waals surface area contributed by atoms with Crippen molar-refractivity contribution in [1.82, 2.24) is 4.98 Å². The monoisotopic (exact) mass is 254 g/mol. The Bertz CT molecular complexity index is 376. The Kier molecular flexibility index (Phi) is 2.82. The molecular formula is C10H11BrN2O. The lowest BCUT2D eigenvalue weighted by Gasteiger charge is -2.15. The summed E-state index contributed by atoms with van der Waals surface area (Å²) in [6.45, 7) is 0. The second-order valence-corrected chi connectivity index (χ2v) is 4.03. The highest BCUT2D eigenvalue weighted by molar-refractivity contribution is 9.10. The highest BCUT2D eigenvalue weighted by Crippen LogP contribution is 2.22. The highest BCUT2D eigenvalue weighted by Gasteiger charge is 2.17. The summed E-state index contributed by atoms with van der Waals surface area (Å²) in [5, 5.41) is 4.00. The van der Waals surface area contributed by atoms with E-state index in [0.717, 1.165) is 35.3 Å². The van der Waals surface area contributed by atoms with Gasteiger partial charge in [0.25, 0.3) is 0 Å². The van der Waals surface area contributed by atoms with Gasteiger partial charge in [0.05, 0.1) is 5.69 Å².